The molecule has 0 bridgehead atoms. The first-order valence-corrected chi connectivity index (χ1v) is 10.8. The summed E-state index contributed by atoms with van der Waals surface area (Å²) in [5, 5.41) is 14.2. The molecule has 4 heterocycles. The SMILES string of the molecule is Cc1c(N2C(=O)[C@@H]3[C@@H]4CCCN4[C@@]4(C(=O)Nc5ccc(F)cc54)[C@H]3C2=O)cccc1[N+](=O)[O-]. The Bertz CT molecular complexity index is 1300. The Morgan fingerprint density at radius 3 is 2.73 bits per heavy atom. The fourth-order valence-corrected chi connectivity index (χ4v) is 6.46. The van der Waals surface area contributed by atoms with E-state index in [2.05, 4.69) is 5.32 Å². The number of anilines is 2. The van der Waals surface area contributed by atoms with E-state index in [1.807, 2.05) is 4.90 Å². The van der Waals surface area contributed by atoms with E-state index in [-0.39, 0.29) is 23.0 Å². The van der Waals surface area contributed by atoms with E-state index in [9.17, 15) is 28.9 Å². The molecule has 0 aromatic heterocycles. The van der Waals surface area contributed by atoms with E-state index in [0.29, 0.717) is 24.2 Å². The van der Waals surface area contributed by atoms with E-state index in [4.69, 9.17) is 0 Å². The zero-order valence-corrected chi connectivity index (χ0v) is 17.6. The van der Waals surface area contributed by atoms with Gasteiger partial charge in [0, 0.05) is 23.4 Å². The number of nitrogens with one attached hydrogen (secondary N) is 1. The second-order valence-corrected chi connectivity index (χ2v) is 9.01. The molecule has 3 fully saturated rings. The Kier molecular flexibility index (Phi) is 3.90. The number of amides is 3. The van der Waals surface area contributed by atoms with Gasteiger partial charge in [-0.15, -0.1) is 0 Å². The maximum Gasteiger partial charge on any atom is 0.274 e. The van der Waals surface area contributed by atoms with Gasteiger partial charge in [-0.2, -0.15) is 0 Å². The van der Waals surface area contributed by atoms with E-state index in [1.165, 1.54) is 43.3 Å². The van der Waals surface area contributed by atoms with Crippen LogP contribution in [-0.4, -0.2) is 40.1 Å². The van der Waals surface area contributed by atoms with Crippen LogP contribution in [0.1, 0.15) is 24.0 Å². The third-order valence-corrected chi connectivity index (χ3v) is 7.67. The number of carbonyl (C=O) groups excluding carboxylic acids is 3. The molecule has 0 saturated carbocycles. The number of hydrogen-bond donors (Lipinski definition) is 1. The molecule has 4 aliphatic heterocycles. The van der Waals surface area contributed by atoms with Crippen molar-refractivity contribution in [1.29, 1.82) is 0 Å². The zero-order chi connectivity index (χ0) is 23.2. The normalized spacial score (nSPS) is 30.1. The Labute approximate surface area is 187 Å². The molecule has 168 valence electrons. The van der Waals surface area contributed by atoms with Gasteiger partial charge in [0.2, 0.25) is 17.7 Å². The molecule has 2 aromatic carbocycles. The summed E-state index contributed by atoms with van der Waals surface area (Å²) < 4.78 is 14.3. The number of hydrogen-bond acceptors (Lipinski definition) is 6. The van der Waals surface area contributed by atoms with Crippen LogP contribution in [0.3, 0.4) is 0 Å². The average molecular weight is 450 g/mol. The van der Waals surface area contributed by atoms with Gasteiger partial charge < -0.3 is 5.32 Å². The van der Waals surface area contributed by atoms with Crippen LogP contribution in [0.25, 0.3) is 0 Å². The van der Waals surface area contributed by atoms with Gasteiger partial charge in [-0.25, -0.2) is 9.29 Å². The number of halogens is 1. The van der Waals surface area contributed by atoms with Crippen molar-refractivity contribution in [3.05, 3.63) is 63.5 Å². The monoisotopic (exact) mass is 450 g/mol. The lowest BCUT2D eigenvalue weighted by Gasteiger charge is -2.36. The molecule has 0 radical (unpaired) electrons. The maximum atomic E-state index is 14.3. The van der Waals surface area contributed by atoms with Crippen LogP contribution in [0, 0.1) is 34.7 Å². The van der Waals surface area contributed by atoms with E-state index < -0.39 is 45.8 Å². The first-order valence-electron chi connectivity index (χ1n) is 10.8. The van der Waals surface area contributed by atoms with Crippen LogP contribution in [0.5, 0.6) is 0 Å². The summed E-state index contributed by atoms with van der Waals surface area (Å²) >= 11 is 0. The molecule has 9 nitrogen and oxygen atoms in total. The van der Waals surface area contributed by atoms with Crippen LogP contribution < -0.4 is 10.2 Å². The Morgan fingerprint density at radius 1 is 1.18 bits per heavy atom. The molecule has 2 aromatic rings. The number of nitro groups is 1. The lowest BCUT2D eigenvalue weighted by Crippen LogP contribution is -2.54. The maximum absolute atomic E-state index is 14.3. The van der Waals surface area contributed by atoms with Crippen molar-refractivity contribution in [1.82, 2.24) is 4.90 Å². The molecule has 3 saturated heterocycles. The van der Waals surface area contributed by atoms with E-state index in [0.717, 1.165) is 11.3 Å². The second kappa shape index (κ2) is 6.44. The van der Waals surface area contributed by atoms with Crippen LogP contribution in [0.4, 0.5) is 21.5 Å². The van der Waals surface area contributed by atoms with Gasteiger partial charge in [0.15, 0.2) is 0 Å². The molecule has 10 heteroatoms. The first kappa shape index (κ1) is 20.0. The zero-order valence-electron chi connectivity index (χ0n) is 17.6. The fraction of sp³-hybridized carbons (Fsp3) is 0.348. The van der Waals surface area contributed by atoms with Gasteiger partial charge in [0.1, 0.15) is 11.4 Å². The quantitative estimate of drug-likeness (QED) is 0.427. The van der Waals surface area contributed by atoms with Crippen LogP contribution in [0.2, 0.25) is 0 Å². The van der Waals surface area contributed by atoms with Crippen LogP contribution >= 0.6 is 0 Å². The highest BCUT2D eigenvalue weighted by molar-refractivity contribution is 6.26. The largest absolute Gasteiger partial charge is 0.324 e. The third kappa shape index (κ3) is 2.26. The predicted octanol–water partition coefficient (Wildman–Crippen LogP) is 2.47. The third-order valence-electron chi connectivity index (χ3n) is 7.67. The van der Waals surface area contributed by atoms with E-state index >= 15 is 0 Å². The number of rotatable bonds is 2. The minimum Gasteiger partial charge on any atom is -0.324 e. The topological polar surface area (TPSA) is 113 Å². The number of benzene rings is 2. The fourth-order valence-electron chi connectivity index (χ4n) is 6.46. The number of nitrogens with zero attached hydrogens (tertiary/aromatic N) is 3. The van der Waals surface area contributed by atoms with Gasteiger partial charge in [-0.3, -0.25) is 29.4 Å². The lowest BCUT2D eigenvalue weighted by molar-refractivity contribution is -0.385. The number of fused-ring (bicyclic) bond motifs is 7. The number of imide groups is 1. The first-order chi connectivity index (χ1) is 15.8. The summed E-state index contributed by atoms with van der Waals surface area (Å²) in [5.41, 5.74) is -0.550. The highest BCUT2D eigenvalue weighted by atomic mass is 19.1. The number of nitro benzene ring substituents is 1. The van der Waals surface area contributed by atoms with Gasteiger partial charge in [-0.1, -0.05) is 6.07 Å². The van der Waals surface area contributed by atoms with Crippen LogP contribution in [-0.2, 0) is 19.9 Å². The summed E-state index contributed by atoms with van der Waals surface area (Å²) in [4.78, 5) is 54.9. The van der Waals surface area contributed by atoms with E-state index in [1.54, 1.807) is 0 Å². The van der Waals surface area contributed by atoms with Crippen molar-refractivity contribution in [2.45, 2.75) is 31.3 Å². The van der Waals surface area contributed by atoms with Crippen molar-refractivity contribution >= 4 is 34.8 Å². The lowest BCUT2D eigenvalue weighted by atomic mass is 9.75. The van der Waals surface area contributed by atoms with Crippen molar-refractivity contribution in [2.24, 2.45) is 11.8 Å². The number of carbonyl (C=O) groups is 3. The molecule has 33 heavy (non-hydrogen) atoms. The summed E-state index contributed by atoms with van der Waals surface area (Å²) in [6.07, 6.45) is 1.37. The second-order valence-electron chi connectivity index (χ2n) is 9.01. The highest BCUT2D eigenvalue weighted by Crippen LogP contribution is 2.60. The molecule has 1 spiro atoms. The van der Waals surface area contributed by atoms with Gasteiger partial charge in [0.05, 0.1) is 28.0 Å². The van der Waals surface area contributed by atoms with Gasteiger partial charge in [-0.05, 0) is 50.6 Å². The molecule has 3 amide bonds. The molecule has 0 aliphatic carbocycles. The molecule has 4 aliphatic rings. The molecule has 1 N–H and O–H groups in total. The summed E-state index contributed by atoms with van der Waals surface area (Å²) in [5.74, 6) is -3.88. The molecule has 6 rings (SSSR count). The van der Waals surface area contributed by atoms with Gasteiger partial charge in [0.25, 0.3) is 5.69 Å². The average Bonchev–Trinajstić information content (AvgIpc) is 3.47. The predicted molar refractivity (Wildman–Crippen MR) is 114 cm³/mol. The Hall–Kier alpha value is -3.66. The molecule has 0 unspecified atom stereocenters. The highest BCUT2D eigenvalue weighted by Gasteiger charge is 2.74. The van der Waals surface area contributed by atoms with Crippen molar-refractivity contribution < 1.29 is 23.7 Å². The minimum atomic E-state index is -1.49. The Balaban J connectivity index is 1.56. The summed E-state index contributed by atoms with van der Waals surface area (Å²) in [6.45, 7) is 2.00. The van der Waals surface area contributed by atoms with Crippen molar-refractivity contribution in [2.75, 3.05) is 16.8 Å². The molecule has 4 atom stereocenters. The van der Waals surface area contributed by atoms with Gasteiger partial charge >= 0.3 is 0 Å². The standard InChI is InChI=1S/C23H19FN4O5/c1-11-15(4-2-5-16(11)28(32)33)27-20(29)18-17-6-3-9-26(17)23(19(18)21(27)30)13-10-12(24)7-8-14(13)25-22(23)31/h2,4-5,7-8,10,17-19H,3,6,9H2,1H3,(H,25,31)/t17-,18+,19+,23+/m0/s1. The van der Waals surface area contributed by atoms with Crippen molar-refractivity contribution in [3.8, 4) is 0 Å². The molecular formula is C23H19FN4O5. The van der Waals surface area contributed by atoms with Crippen molar-refractivity contribution in [3.63, 3.8) is 0 Å². The summed E-state index contributed by atoms with van der Waals surface area (Å²) in [7, 11) is 0. The van der Waals surface area contributed by atoms with Crippen LogP contribution in [0.15, 0.2) is 36.4 Å². The molecular weight excluding hydrogens is 431 g/mol. The smallest absolute Gasteiger partial charge is 0.274 e. The minimum absolute atomic E-state index is 0.145. The summed E-state index contributed by atoms with van der Waals surface area (Å²) in [6, 6.07) is 7.88. The Morgan fingerprint density at radius 2 is 1.97 bits per heavy atom.